The second-order valence-corrected chi connectivity index (χ2v) is 4.97. The van der Waals surface area contributed by atoms with Crippen molar-refractivity contribution >= 4 is 23.3 Å². The quantitative estimate of drug-likeness (QED) is 0.834. The first-order chi connectivity index (χ1) is 10.1. The number of pyridine rings is 2. The lowest BCUT2D eigenvalue weighted by atomic mass is 10.1. The summed E-state index contributed by atoms with van der Waals surface area (Å²) in [6.07, 6.45) is 3.48. The Morgan fingerprint density at radius 3 is 2.90 bits per heavy atom. The highest BCUT2D eigenvalue weighted by Gasteiger charge is 2.09. The van der Waals surface area contributed by atoms with Crippen molar-refractivity contribution in [3.63, 3.8) is 0 Å². The number of aromatic nitrogens is 2. The van der Waals surface area contributed by atoms with E-state index in [1.807, 2.05) is 19.9 Å². The molecular weight excluding hydrogens is 288 g/mol. The van der Waals surface area contributed by atoms with Crippen molar-refractivity contribution in [3.8, 4) is 0 Å². The summed E-state index contributed by atoms with van der Waals surface area (Å²) >= 11 is 5.93. The number of nitrogens with zero attached hydrogens (tertiary/aromatic N) is 2. The number of nitrogens with one attached hydrogen (secondary N) is 2. The van der Waals surface area contributed by atoms with Crippen LogP contribution in [0.2, 0.25) is 5.15 Å². The molecule has 0 aliphatic carbocycles. The Hall–Kier alpha value is -2.14. The molecule has 2 heterocycles. The maximum Gasteiger partial charge on any atom is 0.251 e. The molecule has 1 amide bonds. The number of amides is 1. The molecule has 2 aromatic rings. The van der Waals surface area contributed by atoms with E-state index in [0.29, 0.717) is 24.5 Å². The summed E-state index contributed by atoms with van der Waals surface area (Å²) in [5, 5.41) is 6.19. The molecule has 0 aliphatic rings. The van der Waals surface area contributed by atoms with Crippen molar-refractivity contribution < 1.29 is 4.79 Å². The number of rotatable bonds is 5. The van der Waals surface area contributed by atoms with Gasteiger partial charge in [-0.05, 0) is 43.2 Å². The minimum atomic E-state index is -0.193. The third-order valence-corrected chi connectivity index (χ3v) is 3.19. The maximum atomic E-state index is 12.2. The number of hydrogen-bond acceptors (Lipinski definition) is 4. The second-order valence-electron chi connectivity index (χ2n) is 4.58. The van der Waals surface area contributed by atoms with Gasteiger partial charge in [0.05, 0.1) is 0 Å². The van der Waals surface area contributed by atoms with Crippen LogP contribution >= 0.6 is 11.6 Å². The van der Waals surface area contributed by atoms with E-state index in [-0.39, 0.29) is 11.1 Å². The fraction of sp³-hybridized carbons (Fsp3) is 0.267. The summed E-state index contributed by atoms with van der Waals surface area (Å²) in [4.78, 5) is 20.4. The lowest BCUT2D eigenvalue weighted by Gasteiger charge is -2.09. The highest BCUT2D eigenvalue weighted by Crippen LogP contribution is 2.14. The van der Waals surface area contributed by atoms with Crippen molar-refractivity contribution in [2.24, 2.45) is 0 Å². The van der Waals surface area contributed by atoms with Crippen LogP contribution < -0.4 is 10.6 Å². The van der Waals surface area contributed by atoms with Gasteiger partial charge in [-0.3, -0.25) is 9.78 Å². The Bertz CT molecular complexity index is 645. The maximum absolute atomic E-state index is 12.2. The van der Waals surface area contributed by atoms with Gasteiger partial charge in [0.2, 0.25) is 0 Å². The highest BCUT2D eigenvalue weighted by atomic mass is 35.5. The molecule has 110 valence electrons. The van der Waals surface area contributed by atoms with Crippen LogP contribution in [0.3, 0.4) is 0 Å². The van der Waals surface area contributed by atoms with Gasteiger partial charge in [-0.25, -0.2) is 4.98 Å². The Balaban J connectivity index is 2.08. The number of aryl methyl sites for hydroxylation is 1. The minimum Gasteiger partial charge on any atom is -0.370 e. The molecule has 2 aromatic heterocycles. The molecular formula is C15H17ClN4O. The second kappa shape index (κ2) is 7.04. The third kappa shape index (κ3) is 4.16. The van der Waals surface area contributed by atoms with Crippen molar-refractivity contribution in [1.29, 1.82) is 0 Å². The van der Waals surface area contributed by atoms with Gasteiger partial charge in [0.25, 0.3) is 5.91 Å². The van der Waals surface area contributed by atoms with E-state index in [1.165, 1.54) is 0 Å². The largest absolute Gasteiger partial charge is 0.370 e. The van der Waals surface area contributed by atoms with Crippen LogP contribution in [0, 0.1) is 6.92 Å². The van der Waals surface area contributed by atoms with Crippen LogP contribution in [0.1, 0.15) is 28.4 Å². The van der Waals surface area contributed by atoms with E-state index in [0.717, 1.165) is 11.1 Å². The molecule has 0 atom stereocenters. The van der Waals surface area contributed by atoms with Gasteiger partial charge in [0, 0.05) is 31.0 Å². The van der Waals surface area contributed by atoms with E-state index in [4.69, 9.17) is 11.6 Å². The molecule has 5 nitrogen and oxygen atoms in total. The van der Waals surface area contributed by atoms with Gasteiger partial charge in [0.15, 0.2) is 0 Å². The van der Waals surface area contributed by atoms with Crippen LogP contribution in [0.4, 0.5) is 5.82 Å². The molecule has 0 bridgehead atoms. The number of halogens is 1. The van der Waals surface area contributed by atoms with Crippen LogP contribution in [0.25, 0.3) is 0 Å². The third-order valence-electron chi connectivity index (χ3n) is 3.00. The molecule has 0 radical (unpaired) electrons. The van der Waals surface area contributed by atoms with Crippen LogP contribution in [-0.4, -0.2) is 22.4 Å². The molecule has 0 saturated carbocycles. The predicted octanol–water partition coefficient (Wildman–Crippen LogP) is 2.80. The minimum absolute atomic E-state index is 0.193. The van der Waals surface area contributed by atoms with E-state index in [1.54, 1.807) is 24.5 Å². The van der Waals surface area contributed by atoms with Gasteiger partial charge in [-0.1, -0.05) is 11.6 Å². The molecule has 0 fully saturated rings. The summed E-state index contributed by atoms with van der Waals surface area (Å²) in [6.45, 7) is 5.07. The normalized spacial score (nSPS) is 10.2. The number of anilines is 1. The molecule has 0 aromatic carbocycles. The van der Waals surface area contributed by atoms with Crippen LogP contribution in [0.15, 0.2) is 30.6 Å². The van der Waals surface area contributed by atoms with Crippen molar-refractivity contribution in [3.05, 3.63) is 52.4 Å². The van der Waals surface area contributed by atoms with E-state index >= 15 is 0 Å². The fourth-order valence-electron chi connectivity index (χ4n) is 1.86. The molecule has 2 rings (SSSR count). The molecule has 0 aliphatic heterocycles. The van der Waals surface area contributed by atoms with Gasteiger partial charge >= 0.3 is 0 Å². The highest BCUT2D eigenvalue weighted by molar-refractivity contribution is 6.29. The SMILES string of the molecule is CCNc1cc(C(=O)NCc2cnccc2C)cc(Cl)n1. The lowest BCUT2D eigenvalue weighted by molar-refractivity contribution is 0.0951. The summed E-state index contributed by atoms with van der Waals surface area (Å²) in [6, 6.07) is 5.14. The average molecular weight is 305 g/mol. The van der Waals surface area contributed by atoms with Crippen molar-refractivity contribution in [2.75, 3.05) is 11.9 Å². The topological polar surface area (TPSA) is 66.9 Å². The Morgan fingerprint density at radius 1 is 1.38 bits per heavy atom. The van der Waals surface area contributed by atoms with Gasteiger partial charge in [0.1, 0.15) is 11.0 Å². The van der Waals surface area contributed by atoms with E-state index in [2.05, 4.69) is 20.6 Å². The molecule has 2 N–H and O–H groups in total. The number of hydrogen-bond donors (Lipinski definition) is 2. The Labute approximate surface area is 128 Å². The monoisotopic (exact) mass is 304 g/mol. The summed E-state index contributed by atoms with van der Waals surface area (Å²) in [7, 11) is 0. The zero-order valence-electron chi connectivity index (χ0n) is 12.0. The van der Waals surface area contributed by atoms with Crippen LogP contribution in [-0.2, 0) is 6.54 Å². The Morgan fingerprint density at radius 2 is 2.19 bits per heavy atom. The first kappa shape index (κ1) is 15.3. The van der Waals surface area contributed by atoms with Crippen molar-refractivity contribution in [1.82, 2.24) is 15.3 Å². The van der Waals surface area contributed by atoms with Crippen molar-refractivity contribution in [2.45, 2.75) is 20.4 Å². The summed E-state index contributed by atoms with van der Waals surface area (Å²) in [5.41, 5.74) is 2.55. The standard InChI is InChI=1S/C15H17ClN4O/c1-3-18-14-7-11(6-13(16)20-14)15(21)19-9-12-8-17-5-4-10(12)2/h4-8H,3,9H2,1-2H3,(H,18,20)(H,19,21). The summed E-state index contributed by atoms with van der Waals surface area (Å²) < 4.78 is 0. The van der Waals surface area contributed by atoms with Gasteiger partial charge < -0.3 is 10.6 Å². The Kier molecular flexibility index (Phi) is 5.11. The molecule has 0 spiro atoms. The first-order valence-electron chi connectivity index (χ1n) is 6.69. The smallest absolute Gasteiger partial charge is 0.251 e. The molecule has 6 heteroatoms. The van der Waals surface area contributed by atoms with E-state index in [9.17, 15) is 4.79 Å². The fourth-order valence-corrected chi connectivity index (χ4v) is 2.07. The van der Waals surface area contributed by atoms with Crippen LogP contribution in [0.5, 0.6) is 0 Å². The number of carbonyl (C=O) groups excluding carboxylic acids is 1. The zero-order chi connectivity index (χ0) is 15.2. The predicted molar refractivity (Wildman–Crippen MR) is 83.6 cm³/mol. The number of carbonyl (C=O) groups is 1. The average Bonchev–Trinajstić information content (AvgIpc) is 2.46. The zero-order valence-corrected chi connectivity index (χ0v) is 12.7. The van der Waals surface area contributed by atoms with E-state index < -0.39 is 0 Å². The molecule has 0 unspecified atom stereocenters. The summed E-state index contributed by atoms with van der Waals surface area (Å²) in [5.74, 6) is 0.398. The van der Waals surface area contributed by atoms with Gasteiger partial charge in [-0.15, -0.1) is 0 Å². The molecule has 21 heavy (non-hydrogen) atoms. The first-order valence-corrected chi connectivity index (χ1v) is 7.07. The lowest BCUT2D eigenvalue weighted by Crippen LogP contribution is -2.23. The molecule has 0 saturated heterocycles. The van der Waals surface area contributed by atoms with Gasteiger partial charge in [-0.2, -0.15) is 0 Å².